The number of carboxylic acids is 1. The molecule has 1 unspecified atom stereocenters. The number of aliphatic carboxylic acids is 1. The van der Waals surface area contributed by atoms with Crippen molar-refractivity contribution in [3.63, 3.8) is 0 Å². The maximum absolute atomic E-state index is 10.5. The van der Waals surface area contributed by atoms with Gasteiger partial charge in [0.05, 0.1) is 0 Å². The number of rotatable bonds is 5. The van der Waals surface area contributed by atoms with Crippen molar-refractivity contribution in [2.45, 2.75) is 51.2 Å². The Bertz CT molecular complexity index is 482. The molecule has 0 fully saturated rings. The molecule has 0 radical (unpaired) electrons. The van der Waals surface area contributed by atoms with Gasteiger partial charge in [-0.25, -0.2) is 0 Å². The Morgan fingerprint density at radius 3 is 2.95 bits per heavy atom. The Hall–Kier alpha value is -1.55. The second-order valence-electron chi connectivity index (χ2n) is 5.80. The van der Waals surface area contributed by atoms with Crippen molar-refractivity contribution in [1.82, 2.24) is 0 Å². The van der Waals surface area contributed by atoms with Gasteiger partial charge in [0.2, 0.25) is 0 Å². The number of carbonyl (C=O) groups is 1. The van der Waals surface area contributed by atoms with Crippen LogP contribution in [0, 0.1) is 0 Å². The molecule has 1 aliphatic rings. The van der Waals surface area contributed by atoms with Gasteiger partial charge in [0.25, 0.3) is 0 Å². The van der Waals surface area contributed by atoms with Crippen molar-refractivity contribution in [3.8, 4) is 5.75 Å². The number of benzene rings is 1. The third kappa shape index (κ3) is 3.47. The Morgan fingerprint density at radius 2 is 2.26 bits per heavy atom. The zero-order chi connectivity index (χ0) is 14.0. The quantitative estimate of drug-likeness (QED) is 0.856. The molecule has 2 rings (SSSR count). The molecule has 3 N–H and O–H groups in total. The predicted octanol–water partition coefficient (Wildman–Crippen LogP) is 2.65. The first-order chi connectivity index (χ1) is 8.87. The highest BCUT2D eigenvalue weighted by Crippen LogP contribution is 2.36. The maximum Gasteiger partial charge on any atom is 0.303 e. The fourth-order valence-corrected chi connectivity index (χ4v) is 2.50. The molecule has 4 nitrogen and oxygen atoms in total. The molecule has 0 aromatic heterocycles. The molecule has 1 aromatic rings. The largest absolute Gasteiger partial charge is 0.487 e. The van der Waals surface area contributed by atoms with Crippen molar-refractivity contribution >= 4 is 5.97 Å². The van der Waals surface area contributed by atoms with Gasteiger partial charge in [-0.15, -0.1) is 0 Å². The lowest BCUT2D eigenvalue weighted by molar-refractivity contribution is -0.137. The number of nitrogens with two attached hydrogens (primary N) is 1. The van der Waals surface area contributed by atoms with Gasteiger partial charge in [-0.2, -0.15) is 0 Å². The van der Waals surface area contributed by atoms with Gasteiger partial charge in [0, 0.05) is 18.9 Å². The molecular formula is C15H21NO3. The summed E-state index contributed by atoms with van der Waals surface area (Å²) in [5, 5.41) is 8.62. The highest BCUT2D eigenvalue weighted by atomic mass is 16.5. The van der Waals surface area contributed by atoms with E-state index < -0.39 is 5.97 Å². The Morgan fingerprint density at radius 1 is 1.53 bits per heavy atom. The van der Waals surface area contributed by atoms with E-state index in [1.54, 1.807) is 0 Å². The highest BCUT2D eigenvalue weighted by Gasteiger charge is 2.30. The van der Waals surface area contributed by atoms with Crippen LogP contribution in [0.5, 0.6) is 5.75 Å². The minimum atomic E-state index is -0.767. The average Bonchev–Trinajstić information content (AvgIpc) is 2.60. The third-order valence-corrected chi connectivity index (χ3v) is 3.42. The summed E-state index contributed by atoms with van der Waals surface area (Å²) in [7, 11) is 0. The number of hydrogen-bond donors (Lipinski definition) is 2. The van der Waals surface area contributed by atoms with Crippen molar-refractivity contribution in [2.75, 3.05) is 0 Å². The van der Waals surface area contributed by atoms with Crippen molar-refractivity contribution in [3.05, 3.63) is 29.3 Å². The molecule has 1 atom stereocenters. The Kier molecular flexibility index (Phi) is 3.80. The lowest BCUT2D eigenvalue weighted by Crippen LogP contribution is -2.24. The summed E-state index contributed by atoms with van der Waals surface area (Å²) in [5.41, 5.74) is 8.22. The minimum Gasteiger partial charge on any atom is -0.487 e. The third-order valence-electron chi connectivity index (χ3n) is 3.42. The lowest BCUT2D eigenvalue weighted by Gasteiger charge is -2.16. The second-order valence-corrected chi connectivity index (χ2v) is 5.80. The first-order valence-electron chi connectivity index (χ1n) is 6.66. The zero-order valence-electron chi connectivity index (χ0n) is 11.5. The molecule has 0 spiro atoms. The van der Waals surface area contributed by atoms with Gasteiger partial charge in [0.1, 0.15) is 11.4 Å². The predicted molar refractivity (Wildman–Crippen MR) is 73.3 cm³/mol. The summed E-state index contributed by atoms with van der Waals surface area (Å²) >= 11 is 0. The van der Waals surface area contributed by atoms with Crippen LogP contribution in [-0.4, -0.2) is 16.7 Å². The molecule has 0 bridgehead atoms. The van der Waals surface area contributed by atoms with Gasteiger partial charge in [-0.3, -0.25) is 4.79 Å². The first kappa shape index (κ1) is 13.9. The number of ether oxygens (including phenoxy) is 1. The molecule has 0 aliphatic carbocycles. The number of carboxylic acid groups (broad SMARTS) is 1. The van der Waals surface area contributed by atoms with E-state index in [9.17, 15) is 4.79 Å². The molecule has 1 heterocycles. The Balaban J connectivity index is 2.01. The SMILES string of the molecule is CC1(C)Cc2cc(C(N)CCCC(=O)O)ccc2O1. The molecule has 4 heteroatoms. The summed E-state index contributed by atoms with van der Waals surface area (Å²) in [6.45, 7) is 4.14. The molecule has 0 saturated heterocycles. The average molecular weight is 263 g/mol. The van der Waals surface area contributed by atoms with Crippen LogP contribution in [0.25, 0.3) is 0 Å². The van der Waals surface area contributed by atoms with E-state index in [0.717, 1.165) is 17.7 Å². The van der Waals surface area contributed by atoms with E-state index in [0.29, 0.717) is 12.8 Å². The summed E-state index contributed by atoms with van der Waals surface area (Å²) < 4.78 is 5.82. The van der Waals surface area contributed by atoms with Crippen LogP contribution in [0.3, 0.4) is 0 Å². The smallest absolute Gasteiger partial charge is 0.303 e. The second kappa shape index (κ2) is 5.21. The van der Waals surface area contributed by atoms with E-state index in [1.807, 2.05) is 12.1 Å². The van der Waals surface area contributed by atoms with Gasteiger partial charge in [-0.05, 0) is 43.9 Å². The van der Waals surface area contributed by atoms with E-state index in [1.165, 1.54) is 5.56 Å². The van der Waals surface area contributed by atoms with Crippen LogP contribution < -0.4 is 10.5 Å². The van der Waals surface area contributed by atoms with E-state index in [-0.39, 0.29) is 18.1 Å². The summed E-state index contributed by atoms with van der Waals surface area (Å²) in [6.07, 6.45) is 2.36. The van der Waals surface area contributed by atoms with Gasteiger partial charge in [0.15, 0.2) is 0 Å². The molecule has 0 amide bonds. The molecule has 0 saturated carbocycles. The highest BCUT2D eigenvalue weighted by molar-refractivity contribution is 5.66. The van der Waals surface area contributed by atoms with Gasteiger partial charge in [-0.1, -0.05) is 12.1 Å². The zero-order valence-corrected chi connectivity index (χ0v) is 11.5. The molecule has 104 valence electrons. The maximum atomic E-state index is 10.5. The fraction of sp³-hybridized carbons (Fsp3) is 0.533. The first-order valence-corrected chi connectivity index (χ1v) is 6.66. The van der Waals surface area contributed by atoms with Crippen LogP contribution in [0.15, 0.2) is 18.2 Å². The summed E-state index contributed by atoms with van der Waals surface area (Å²) in [6, 6.07) is 5.94. The van der Waals surface area contributed by atoms with Crippen molar-refractivity contribution in [2.24, 2.45) is 5.73 Å². The van der Waals surface area contributed by atoms with E-state index >= 15 is 0 Å². The standard InChI is InChI=1S/C15H21NO3/c1-15(2)9-11-8-10(6-7-13(11)19-15)12(16)4-3-5-14(17)18/h6-8,12H,3-5,9,16H2,1-2H3,(H,17,18). The van der Waals surface area contributed by atoms with Crippen molar-refractivity contribution < 1.29 is 14.6 Å². The van der Waals surface area contributed by atoms with Crippen LogP contribution in [0.4, 0.5) is 0 Å². The molecule has 19 heavy (non-hydrogen) atoms. The normalized spacial score (nSPS) is 17.6. The monoisotopic (exact) mass is 263 g/mol. The van der Waals surface area contributed by atoms with Gasteiger partial charge >= 0.3 is 5.97 Å². The summed E-state index contributed by atoms with van der Waals surface area (Å²) in [5.74, 6) is 0.169. The van der Waals surface area contributed by atoms with Crippen LogP contribution in [0.1, 0.15) is 50.3 Å². The van der Waals surface area contributed by atoms with E-state index in [4.69, 9.17) is 15.6 Å². The lowest BCUT2D eigenvalue weighted by atomic mass is 9.96. The van der Waals surface area contributed by atoms with Crippen LogP contribution in [0.2, 0.25) is 0 Å². The fourth-order valence-electron chi connectivity index (χ4n) is 2.50. The number of hydrogen-bond acceptors (Lipinski definition) is 3. The summed E-state index contributed by atoms with van der Waals surface area (Å²) in [4.78, 5) is 10.5. The minimum absolute atomic E-state index is 0.103. The molecular weight excluding hydrogens is 242 g/mol. The van der Waals surface area contributed by atoms with Crippen LogP contribution in [-0.2, 0) is 11.2 Å². The topological polar surface area (TPSA) is 72.6 Å². The molecule has 1 aromatic carbocycles. The molecule has 1 aliphatic heterocycles. The van der Waals surface area contributed by atoms with Gasteiger partial charge < -0.3 is 15.6 Å². The Labute approximate surface area is 113 Å². The van der Waals surface area contributed by atoms with Crippen molar-refractivity contribution in [1.29, 1.82) is 0 Å². The van der Waals surface area contributed by atoms with E-state index in [2.05, 4.69) is 19.9 Å². The number of fused-ring (bicyclic) bond motifs is 1. The van der Waals surface area contributed by atoms with Crippen LogP contribution >= 0.6 is 0 Å².